The summed E-state index contributed by atoms with van der Waals surface area (Å²) in [5.41, 5.74) is 1.45. The van der Waals surface area contributed by atoms with E-state index in [0.717, 1.165) is 3.97 Å². The van der Waals surface area contributed by atoms with Gasteiger partial charge in [-0.15, -0.1) is 0 Å². The third-order valence-corrected chi connectivity index (χ3v) is 5.07. The van der Waals surface area contributed by atoms with Crippen LogP contribution in [-0.4, -0.2) is 20.9 Å². The molecule has 0 N–H and O–H groups in total. The van der Waals surface area contributed by atoms with E-state index < -0.39 is 0 Å². The van der Waals surface area contributed by atoms with E-state index in [1.54, 1.807) is 3.61 Å². The fraction of sp³-hybridized carbons (Fsp3) is 0.200. The van der Waals surface area contributed by atoms with Crippen molar-refractivity contribution in [2.45, 2.75) is 10.9 Å². The molecule has 1 aromatic carbocycles. The first-order valence-corrected chi connectivity index (χ1v) is 6.31. The minimum atomic E-state index is 0.0717. The first kappa shape index (κ1) is 7.40. The number of rotatable bonds is 0. The van der Waals surface area contributed by atoms with Gasteiger partial charge < -0.3 is 0 Å². The quantitative estimate of drug-likeness (QED) is 0.623. The van der Waals surface area contributed by atoms with Crippen molar-refractivity contribution >= 4 is 30.6 Å². The SMILES string of the molecule is CC1C=Cc2ccccc2[Te]1. The number of benzene rings is 1. The number of allylic oxidation sites excluding steroid dienone is 1. The van der Waals surface area contributed by atoms with E-state index in [1.165, 1.54) is 5.56 Å². The molecule has 0 spiro atoms. The summed E-state index contributed by atoms with van der Waals surface area (Å²) >= 11 is 0.0717. The van der Waals surface area contributed by atoms with E-state index in [9.17, 15) is 0 Å². The van der Waals surface area contributed by atoms with Crippen LogP contribution >= 0.6 is 0 Å². The molecular formula is C10H10Te. The Hall–Kier alpha value is -0.250. The van der Waals surface area contributed by atoms with Crippen molar-refractivity contribution in [2.75, 3.05) is 0 Å². The molecule has 1 unspecified atom stereocenters. The molecule has 11 heavy (non-hydrogen) atoms. The van der Waals surface area contributed by atoms with Gasteiger partial charge in [0.2, 0.25) is 0 Å². The molecule has 56 valence electrons. The van der Waals surface area contributed by atoms with Crippen LogP contribution < -0.4 is 3.61 Å². The Balaban J connectivity index is 2.46. The summed E-state index contributed by atoms with van der Waals surface area (Å²) in [5, 5.41) is 0. The predicted octanol–water partition coefficient (Wildman–Crippen LogP) is 1.85. The van der Waals surface area contributed by atoms with Crippen LogP contribution in [0.4, 0.5) is 0 Å². The number of fused-ring (bicyclic) bond motifs is 1. The van der Waals surface area contributed by atoms with Gasteiger partial charge in [0.15, 0.2) is 0 Å². The van der Waals surface area contributed by atoms with Crippen LogP contribution in [0.25, 0.3) is 6.08 Å². The molecule has 1 aliphatic heterocycles. The first-order valence-electron chi connectivity index (χ1n) is 3.80. The van der Waals surface area contributed by atoms with Gasteiger partial charge in [0.25, 0.3) is 0 Å². The summed E-state index contributed by atoms with van der Waals surface area (Å²) in [7, 11) is 0. The Bertz CT molecular complexity index is 289. The zero-order valence-corrected chi connectivity index (χ0v) is 8.78. The van der Waals surface area contributed by atoms with Crippen molar-refractivity contribution in [3.63, 3.8) is 0 Å². The van der Waals surface area contributed by atoms with Gasteiger partial charge in [-0.2, -0.15) is 0 Å². The second kappa shape index (κ2) is 3.01. The number of hydrogen-bond acceptors (Lipinski definition) is 0. The molecule has 0 radical (unpaired) electrons. The molecule has 0 aromatic heterocycles. The Morgan fingerprint density at radius 2 is 2.09 bits per heavy atom. The molecule has 0 saturated carbocycles. The Labute approximate surface area is 77.4 Å². The average Bonchev–Trinajstić information content (AvgIpc) is 2.04. The monoisotopic (exact) mass is 260 g/mol. The first-order chi connectivity index (χ1) is 5.36. The van der Waals surface area contributed by atoms with Crippen molar-refractivity contribution in [2.24, 2.45) is 0 Å². The standard InChI is InChI=1S/C10H10Te/c1-8-6-7-9-4-2-3-5-10(9)11-8/h2-8H,1H3. The van der Waals surface area contributed by atoms with Gasteiger partial charge in [0, 0.05) is 0 Å². The van der Waals surface area contributed by atoms with E-state index in [1.807, 2.05) is 0 Å². The third kappa shape index (κ3) is 1.50. The van der Waals surface area contributed by atoms with Crippen molar-refractivity contribution < 1.29 is 0 Å². The van der Waals surface area contributed by atoms with Gasteiger partial charge in [0.1, 0.15) is 0 Å². The van der Waals surface area contributed by atoms with Gasteiger partial charge >= 0.3 is 77.4 Å². The molecule has 1 heteroatoms. The molecule has 1 atom stereocenters. The van der Waals surface area contributed by atoms with Crippen molar-refractivity contribution in [3.05, 3.63) is 35.9 Å². The van der Waals surface area contributed by atoms with Crippen LogP contribution in [0.2, 0.25) is 3.97 Å². The van der Waals surface area contributed by atoms with Gasteiger partial charge in [-0.3, -0.25) is 0 Å². The van der Waals surface area contributed by atoms with E-state index in [-0.39, 0.29) is 20.9 Å². The van der Waals surface area contributed by atoms with E-state index in [0.29, 0.717) is 0 Å². The van der Waals surface area contributed by atoms with Crippen LogP contribution in [0.5, 0.6) is 0 Å². The average molecular weight is 258 g/mol. The van der Waals surface area contributed by atoms with Crippen LogP contribution in [0, 0.1) is 0 Å². The van der Waals surface area contributed by atoms with Gasteiger partial charge in [-0.05, 0) is 0 Å². The second-order valence-electron chi connectivity index (χ2n) is 2.72. The molecule has 1 aliphatic rings. The zero-order chi connectivity index (χ0) is 7.68. The molecule has 0 fully saturated rings. The molecule has 0 amide bonds. The maximum absolute atomic E-state index is 2.34. The molecule has 0 saturated heterocycles. The van der Waals surface area contributed by atoms with Gasteiger partial charge in [-0.1, -0.05) is 0 Å². The summed E-state index contributed by atoms with van der Waals surface area (Å²) in [4.78, 5) is 0. The molecular weight excluding hydrogens is 248 g/mol. The summed E-state index contributed by atoms with van der Waals surface area (Å²) in [5.74, 6) is 0. The normalized spacial score (nSPS) is 21.4. The molecule has 2 rings (SSSR count). The summed E-state index contributed by atoms with van der Waals surface area (Å²) in [6, 6.07) is 8.75. The van der Waals surface area contributed by atoms with E-state index in [2.05, 4.69) is 43.3 Å². The van der Waals surface area contributed by atoms with Crippen molar-refractivity contribution in [3.8, 4) is 0 Å². The van der Waals surface area contributed by atoms with Crippen LogP contribution in [0.15, 0.2) is 30.3 Å². The Kier molecular flexibility index (Phi) is 2.02. The summed E-state index contributed by atoms with van der Waals surface area (Å²) < 4.78 is 2.46. The van der Waals surface area contributed by atoms with Gasteiger partial charge in [0.05, 0.1) is 0 Å². The number of hydrogen-bond donors (Lipinski definition) is 0. The van der Waals surface area contributed by atoms with Crippen LogP contribution in [0.3, 0.4) is 0 Å². The molecule has 0 bridgehead atoms. The van der Waals surface area contributed by atoms with E-state index >= 15 is 0 Å². The van der Waals surface area contributed by atoms with Crippen molar-refractivity contribution in [1.82, 2.24) is 0 Å². The van der Waals surface area contributed by atoms with E-state index in [4.69, 9.17) is 0 Å². The fourth-order valence-corrected chi connectivity index (χ4v) is 4.02. The molecule has 0 nitrogen and oxygen atoms in total. The van der Waals surface area contributed by atoms with Gasteiger partial charge in [-0.25, -0.2) is 0 Å². The Morgan fingerprint density at radius 1 is 1.27 bits per heavy atom. The maximum atomic E-state index is 2.34. The topological polar surface area (TPSA) is 0 Å². The minimum absolute atomic E-state index is 0.0717. The Morgan fingerprint density at radius 3 is 3.00 bits per heavy atom. The molecule has 1 aromatic rings. The summed E-state index contributed by atoms with van der Waals surface area (Å²) in [6.07, 6.45) is 4.60. The predicted molar refractivity (Wildman–Crippen MR) is 50.3 cm³/mol. The van der Waals surface area contributed by atoms with Crippen LogP contribution in [0.1, 0.15) is 12.5 Å². The van der Waals surface area contributed by atoms with Crippen molar-refractivity contribution in [1.29, 1.82) is 0 Å². The second-order valence-corrected chi connectivity index (χ2v) is 6.77. The molecule has 0 aliphatic carbocycles. The zero-order valence-electron chi connectivity index (χ0n) is 6.45. The third-order valence-electron chi connectivity index (χ3n) is 1.78. The van der Waals surface area contributed by atoms with Crippen LogP contribution in [-0.2, 0) is 0 Å². The summed E-state index contributed by atoms with van der Waals surface area (Å²) in [6.45, 7) is 2.31. The fourth-order valence-electron chi connectivity index (χ4n) is 1.20. The molecule has 1 heterocycles.